The van der Waals surface area contributed by atoms with Gasteiger partial charge in [0.15, 0.2) is 0 Å². The van der Waals surface area contributed by atoms with Crippen molar-refractivity contribution in [1.29, 1.82) is 0 Å². The van der Waals surface area contributed by atoms with Crippen LogP contribution >= 0.6 is 0 Å². The molecule has 1 saturated heterocycles. The van der Waals surface area contributed by atoms with E-state index < -0.39 is 5.97 Å². The molecule has 1 rings (SSSR count). The van der Waals surface area contributed by atoms with Crippen molar-refractivity contribution in [3.8, 4) is 0 Å². The van der Waals surface area contributed by atoms with Gasteiger partial charge in [-0.25, -0.2) is 4.79 Å². The lowest BCUT2D eigenvalue weighted by molar-refractivity contribution is -0.138. The van der Waals surface area contributed by atoms with E-state index in [1.165, 1.54) is 0 Å². The number of carboxylic acid groups (broad SMARTS) is 1. The van der Waals surface area contributed by atoms with E-state index in [0.717, 1.165) is 25.7 Å². The molecule has 6 heteroatoms. The Morgan fingerprint density at radius 1 is 1.42 bits per heavy atom. The summed E-state index contributed by atoms with van der Waals surface area (Å²) in [7, 11) is 3.39. The van der Waals surface area contributed by atoms with E-state index in [2.05, 4.69) is 0 Å². The van der Waals surface area contributed by atoms with Crippen LogP contribution in [0.15, 0.2) is 0 Å². The Bertz CT molecular complexity index is 309. The van der Waals surface area contributed by atoms with E-state index in [1.807, 2.05) is 0 Å². The summed E-state index contributed by atoms with van der Waals surface area (Å²) in [5.41, 5.74) is 0. The highest BCUT2D eigenvalue weighted by Gasteiger charge is 2.29. The Hall–Kier alpha value is -1.30. The van der Waals surface area contributed by atoms with Crippen molar-refractivity contribution in [3.63, 3.8) is 0 Å². The van der Waals surface area contributed by atoms with Gasteiger partial charge in [0.05, 0.1) is 6.42 Å². The van der Waals surface area contributed by atoms with Crippen LogP contribution in [0.4, 0.5) is 4.79 Å². The van der Waals surface area contributed by atoms with Gasteiger partial charge in [-0.2, -0.15) is 0 Å². The third-order valence-electron chi connectivity index (χ3n) is 3.45. The zero-order chi connectivity index (χ0) is 14.3. The molecule has 0 bridgehead atoms. The number of carbonyl (C=O) groups is 2. The van der Waals surface area contributed by atoms with Gasteiger partial charge in [0, 0.05) is 39.9 Å². The Morgan fingerprint density at radius 2 is 2.16 bits per heavy atom. The van der Waals surface area contributed by atoms with Gasteiger partial charge in [0.2, 0.25) is 0 Å². The lowest BCUT2D eigenvalue weighted by Gasteiger charge is -2.37. The topological polar surface area (TPSA) is 70.1 Å². The van der Waals surface area contributed by atoms with Gasteiger partial charge in [-0.1, -0.05) is 0 Å². The summed E-state index contributed by atoms with van der Waals surface area (Å²) in [5, 5.41) is 8.91. The third-order valence-corrected chi connectivity index (χ3v) is 3.45. The number of ether oxygens (including phenoxy) is 1. The van der Waals surface area contributed by atoms with Gasteiger partial charge in [-0.15, -0.1) is 0 Å². The molecule has 1 fully saturated rings. The number of piperidine rings is 1. The molecule has 2 amide bonds. The molecule has 0 aromatic carbocycles. The van der Waals surface area contributed by atoms with Crippen LogP contribution in [0.25, 0.3) is 0 Å². The number of nitrogens with zero attached hydrogens (tertiary/aromatic N) is 2. The van der Waals surface area contributed by atoms with Gasteiger partial charge in [0.1, 0.15) is 0 Å². The number of aliphatic carboxylic acids is 1. The van der Waals surface area contributed by atoms with E-state index in [-0.39, 0.29) is 18.5 Å². The maximum Gasteiger partial charge on any atom is 0.320 e. The number of carboxylic acids is 1. The van der Waals surface area contributed by atoms with Crippen LogP contribution in [0.2, 0.25) is 0 Å². The minimum Gasteiger partial charge on any atom is -0.481 e. The van der Waals surface area contributed by atoms with E-state index in [1.54, 1.807) is 24.0 Å². The molecule has 1 N–H and O–H groups in total. The molecular weight excluding hydrogens is 248 g/mol. The number of carbonyl (C=O) groups excluding carboxylic acids is 1. The SMILES string of the molecule is COCCCN(C)C(=O)N1CCCCC1CC(=O)O. The molecule has 0 saturated carbocycles. The Labute approximate surface area is 114 Å². The summed E-state index contributed by atoms with van der Waals surface area (Å²) >= 11 is 0. The van der Waals surface area contributed by atoms with Crippen LogP contribution in [0.3, 0.4) is 0 Å². The Morgan fingerprint density at radius 3 is 2.79 bits per heavy atom. The Balaban J connectivity index is 2.53. The van der Waals surface area contributed by atoms with Crippen molar-refractivity contribution in [2.45, 2.75) is 38.1 Å². The van der Waals surface area contributed by atoms with Gasteiger partial charge in [0.25, 0.3) is 0 Å². The molecule has 0 aromatic rings. The first-order valence-electron chi connectivity index (χ1n) is 6.78. The first-order valence-corrected chi connectivity index (χ1v) is 6.78. The summed E-state index contributed by atoms with van der Waals surface area (Å²) in [6.45, 7) is 1.91. The number of hydrogen-bond donors (Lipinski definition) is 1. The number of methoxy groups -OCH3 is 1. The first-order chi connectivity index (χ1) is 9.06. The smallest absolute Gasteiger partial charge is 0.320 e. The first kappa shape index (κ1) is 15.8. The molecule has 1 heterocycles. The number of hydrogen-bond acceptors (Lipinski definition) is 3. The summed E-state index contributed by atoms with van der Waals surface area (Å²) in [5.74, 6) is -0.841. The van der Waals surface area contributed by atoms with Crippen molar-refractivity contribution < 1.29 is 19.4 Å². The fraction of sp³-hybridized carbons (Fsp3) is 0.846. The maximum absolute atomic E-state index is 12.3. The number of rotatable bonds is 6. The van der Waals surface area contributed by atoms with E-state index in [0.29, 0.717) is 19.7 Å². The third kappa shape index (κ3) is 5.06. The van der Waals surface area contributed by atoms with Crippen LogP contribution in [-0.4, -0.2) is 66.8 Å². The predicted octanol–water partition coefficient (Wildman–Crippen LogP) is 1.40. The summed E-state index contributed by atoms with van der Waals surface area (Å²) in [4.78, 5) is 26.5. The highest BCUT2D eigenvalue weighted by molar-refractivity contribution is 5.76. The second kappa shape index (κ2) is 7.99. The molecule has 1 aliphatic heterocycles. The number of likely N-dealkylation sites (tertiary alicyclic amines) is 1. The van der Waals surface area contributed by atoms with Gasteiger partial charge >= 0.3 is 12.0 Å². The van der Waals surface area contributed by atoms with Crippen LogP contribution in [0.5, 0.6) is 0 Å². The minimum absolute atomic E-state index is 0.0393. The van der Waals surface area contributed by atoms with Crippen molar-refractivity contribution in [3.05, 3.63) is 0 Å². The second-order valence-electron chi connectivity index (χ2n) is 4.99. The molecule has 1 atom stereocenters. The highest BCUT2D eigenvalue weighted by Crippen LogP contribution is 2.21. The summed E-state index contributed by atoms with van der Waals surface area (Å²) < 4.78 is 4.96. The van der Waals surface area contributed by atoms with Crippen molar-refractivity contribution in [1.82, 2.24) is 9.80 Å². The van der Waals surface area contributed by atoms with Crippen LogP contribution in [0, 0.1) is 0 Å². The molecule has 19 heavy (non-hydrogen) atoms. The van der Waals surface area contributed by atoms with Crippen molar-refractivity contribution in [2.24, 2.45) is 0 Å². The van der Waals surface area contributed by atoms with Crippen LogP contribution < -0.4 is 0 Å². The minimum atomic E-state index is -0.841. The zero-order valence-corrected chi connectivity index (χ0v) is 11.8. The van der Waals surface area contributed by atoms with E-state index >= 15 is 0 Å². The quantitative estimate of drug-likeness (QED) is 0.742. The monoisotopic (exact) mass is 272 g/mol. The molecule has 110 valence electrons. The normalized spacial score (nSPS) is 19.3. The number of urea groups is 1. The van der Waals surface area contributed by atoms with Gasteiger partial charge in [-0.3, -0.25) is 4.79 Å². The van der Waals surface area contributed by atoms with Gasteiger partial charge < -0.3 is 19.6 Å². The molecule has 0 radical (unpaired) electrons. The van der Waals surface area contributed by atoms with E-state index in [9.17, 15) is 9.59 Å². The molecular formula is C13H24N2O4. The maximum atomic E-state index is 12.3. The summed E-state index contributed by atoms with van der Waals surface area (Å²) in [6, 6.07) is -0.231. The van der Waals surface area contributed by atoms with Crippen LogP contribution in [0.1, 0.15) is 32.1 Å². The lowest BCUT2D eigenvalue weighted by atomic mass is 10.00. The molecule has 0 aromatic heterocycles. The fourth-order valence-electron chi connectivity index (χ4n) is 2.43. The molecule has 0 spiro atoms. The van der Waals surface area contributed by atoms with Gasteiger partial charge in [-0.05, 0) is 25.7 Å². The van der Waals surface area contributed by atoms with Crippen LogP contribution in [-0.2, 0) is 9.53 Å². The number of amides is 2. The highest BCUT2D eigenvalue weighted by atomic mass is 16.5. The van der Waals surface area contributed by atoms with Crippen molar-refractivity contribution in [2.75, 3.05) is 33.9 Å². The standard InChI is InChI=1S/C13H24N2O4/c1-14(7-5-9-19-2)13(18)15-8-4-3-6-11(15)10-12(16)17/h11H,3-10H2,1-2H3,(H,16,17). The average Bonchev–Trinajstić information content (AvgIpc) is 2.38. The Kier molecular flexibility index (Phi) is 6.62. The molecule has 0 aliphatic carbocycles. The van der Waals surface area contributed by atoms with E-state index in [4.69, 9.17) is 9.84 Å². The summed E-state index contributed by atoms with van der Waals surface area (Å²) in [6.07, 6.45) is 3.56. The lowest BCUT2D eigenvalue weighted by Crippen LogP contribution is -2.50. The zero-order valence-electron chi connectivity index (χ0n) is 11.8. The fourth-order valence-corrected chi connectivity index (χ4v) is 2.43. The predicted molar refractivity (Wildman–Crippen MR) is 71.1 cm³/mol. The van der Waals surface area contributed by atoms with Crippen molar-refractivity contribution >= 4 is 12.0 Å². The largest absolute Gasteiger partial charge is 0.481 e. The molecule has 6 nitrogen and oxygen atoms in total. The molecule has 1 aliphatic rings. The average molecular weight is 272 g/mol. The molecule has 1 unspecified atom stereocenters. The second-order valence-corrected chi connectivity index (χ2v) is 4.99.